The van der Waals surface area contributed by atoms with Crippen molar-refractivity contribution in [3.63, 3.8) is 0 Å². The predicted octanol–water partition coefficient (Wildman–Crippen LogP) is 7.46. The van der Waals surface area contributed by atoms with Gasteiger partial charge >= 0.3 is 5.97 Å². The van der Waals surface area contributed by atoms with Gasteiger partial charge in [-0.2, -0.15) is 0 Å². The summed E-state index contributed by atoms with van der Waals surface area (Å²) in [5.74, 6) is 0.809. The summed E-state index contributed by atoms with van der Waals surface area (Å²) in [6, 6.07) is 12.9. The van der Waals surface area contributed by atoms with Gasteiger partial charge in [-0.1, -0.05) is 45.2 Å². The summed E-state index contributed by atoms with van der Waals surface area (Å²) in [4.78, 5) is 14.4. The molecule has 2 aromatic rings. The summed E-state index contributed by atoms with van der Waals surface area (Å²) >= 11 is 3.33. The van der Waals surface area contributed by atoms with E-state index >= 15 is 0 Å². The standard InChI is InChI=1S/C24H31FO2S2/c1-4-6-7-18(5-2)17-27-24(26)12-13-29-23-15-20(14-22(16-23)28-3)19-8-10-21(25)11-9-19/h8-11,14-16,18H,4-7,12-13,17H2,1-3H3. The van der Waals surface area contributed by atoms with Gasteiger partial charge in [-0.25, -0.2) is 4.39 Å². The van der Waals surface area contributed by atoms with Gasteiger partial charge in [0.2, 0.25) is 0 Å². The van der Waals surface area contributed by atoms with E-state index < -0.39 is 0 Å². The maximum Gasteiger partial charge on any atom is 0.306 e. The molecule has 0 aliphatic heterocycles. The first-order valence-corrected chi connectivity index (χ1v) is 12.5. The number of halogens is 1. The number of benzene rings is 2. The molecule has 0 bridgehead atoms. The molecule has 2 aromatic carbocycles. The maximum absolute atomic E-state index is 13.2. The minimum absolute atomic E-state index is 0.118. The average Bonchev–Trinajstić information content (AvgIpc) is 2.74. The van der Waals surface area contributed by atoms with Gasteiger partial charge in [0, 0.05) is 15.5 Å². The van der Waals surface area contributed by atoms with Gasteiger partial charge in [0.1, 0.15) is 5.82 Å². The molecule has 0 aliphatic rings. The molecular formula is C24H31FO2S2. The van der Waals surface area contributed by atoms with Crippen molar-refractivity contribution < 1.29 is 13.9 Å². The second kappa shape index (κ2) is 13.0. The SMILES string of the molecule is CCCCC(CC)COC(=O)CCSc1cc(SC)cc(-c2ccc(F)cc2)c1. The van der Waals surface area contributed by atoms with Gasteiger partial charge in [-0.15, -0.1) is 23.5 Å². The molecule has 1 atom stereocenters. The van der Waals surface area contributed by atoms with Crippen LogP contribution in [-0.2, 0) is 9.53 Å². The molecule has 29 heavy (non-hydrogen) atoms. The third kappa shape index (κ3) is 8.43. The van der Waals surface area contributed by atoms with E-state index in [9.17, 15) is 9.18 Å². The number of hydrogen-bond acceptors (Lipinski definition) is 4. The molecule has 0 fully saturated rings. The summed E-state index contributed by atoms with van der Waals surface area (Å²) in [6.45, 7) is 4.88. The number of esters is 1. The van der Waals surface area contributed by atoms with Gasteiger partial charge in [-0.3, -0.25) is 4.79 Å². The van der Waals surface area contributed by atoms with Crippen molar-refractivity contribution in [1.29, 1.82) is 0 Å². The van der Waals surface area contributed by atoms with Crippen LogP contribution in [0.1, 0.15) is 46.0 Å². The van der Waals surface area contributed by atoms with Crippen LogP contribution in [0.5, 0.6) is 0 Å². The van der Waals surface area contributed by atoms with E-state index in [1.54, 1.807) is 35.7 Å². The minimum atomic E-state index is -0.233. The molecule has 0 heterocycles. The highest BCUT2D eigenvalue weighted by Crippen LogP contribution is 2.31. The number of thioether (sulfide) groups is 2. The van der Waals surface area contributed by atoms with Crippen molar-refractivity contribution in [1.82, 2.24) is 0 Å². The van der Waals surface area contributed by atoms with Crippen molar-refractivity contribution in [2.75, 3.05) is 18.6 Å². The Morgan fingerprint density at radius 3 is 2.45 bits per heavy atom. The monoisotopic (exact) mass is 434 g/mol. The fourth-order valence-electron chi connectivity index (χ4n) is 3.02. The molecule has 0 spiro atoms. The fraction of sp³-hybridized carbons (Fsp3) is 0.458. The van der Waals surface area contributed by atoms with E-state index in [0.29, 0.717) is 24.7 Å². The molecule has 2 rings (SSSR count). The highest BCUT2D eigenvalue weighted by Gasteiger charge is 2.11. The third-order valence-corrected chi connectivity index (χ3v) is 6.58. The number of carbonyl (C=O) groups excluding carboxylic acids is 1. The highest BCUT2D eigenvalue weighted by atomic mass is 32.2. The highest BCUT2D eigenvalue weighted by molar-refractivity contribution is 7.99. The second-order valence-corrected chi connectivity index (χ2v) is 9.15. The van der Waals surface area contributed by atoms with Crippen molar-refractivity contribution in [3.8, 4) is 11.1 Å². The minimum Gasteiger partial charge on any atom is -0.465 e. The van der Waals surface area contributed by atoms with Gasteiger partial charge in [0.05, 0.1) is 13.0 Å². The summed E-state index contributed by atoms with van der Waals surface area (Å²) in [7, 11) is 0. The summed E-state index contributed by atoms with van der Waals surface area (Å²) in [5, 5.41) is 0. The Bertz CT molecular complexity index is 762. The third-order valence-electron chi connectivity index (χ3n) is 4.89. The maximum atomic E-state index is 13.2. The number of carbonyl (C=O) groups is 1. The lowest BCUT2D eigenvalue weighted by molar-refractivity contribution is -0.144. The molecule has 0 saturated carbocycles. The second-order valence-electron chi connectivity index (χ2n) is 7.10. The topological polar surface area (TPSA) is 26.3 Å². The van der Waals surface area contributed by atoms with E-state index in [4.69, 9.17) is 4.74 Å². The van der Waals surface area contributed by atoms with Gasteiger partial charge in [-0.05, 0) is 60.1 Å². The Hall–Kier alpha value is -1.46. The van der Waals surface area contributed by atoms with Crippen molar-refractivity contribution in [2.45, 2.75) is 55.7 Å². The molecule has 2 nitrogen and oxygen atoms in total. The van der Waals surface area contributed by atoms with Gasteiger partial charge < -0.3 is 4.74 Å². The van der Waals surface area contributed by atoms with Crippen LogP contribution in [-0.4, -0.2) is 24.6 Å². The smallest absolute Gasteiger partial charge is 0.306 e. The molecule has 0 aromatic heterocycles. The van der Waals surface area contributed by atoms with Crippen LogP contribution in [0.15, 0.2) is 52.3 Å². The Balaban J connectivity index is 1.89. The molecule has 0 N–H and O–H groups in total. The van der Waals surface area contributed by atoms with Gasteiger partial charge in [0.25, 0.3) is 0 Å². The average molecular weight is 435 g/mol. The predicted molar refractivity (Wildman–Crippen MR) is 123 cm³/mol. The summed E-state index contributed by atoms with van der Waals surface area (Å²) in [5.41, 5.74) is 2.05. The molecule has 0 aliphatic carbocycles. The normalized spacial score (nSPS) is 12.0. The fourth-order valence-corrected chi connectivity index (χ4v) is 4.50. The Morgan fingerprint density at radius 2 is 1.79 bits per heavy atom. The van der Waals surface area contributed by atoms with Crippen LogP contribution in [0, 0.1) is 11.7 Å². The van der Waals surface area contributed by atoms with Crippen molar-refractivity contribution in [2.24, 2.45) is 5.92 Å². The van der Waals surface area contributed by atoms with Crippen LogP contribution in [0.25, 0.3) is 11.1 Å². The number of rotatable bonds is 12. The molecule has 0 amide bonds. The van der Waals surface area contributed by atoms with Crippen molar-refractivity contribution in [3.05, 3.63) is 48.3 Å². The van der Waals surface area contributed by atoms with Crippen LogP contribution in [0.2, 0.25) is 0 Å². The van der Waals surface area contributed by atoms with E-state index in [2.05, 4.69) is 32.0 Å². The Kier molecular flexibility index (Phi) is 10.6. The molecule has 0 radical (unpaired) electrons. The van der Waals surface area contributed by atoms with Crippen LogP contribution in [0.3, 0.4) is 0 Å². The largest absolute Gasteiger partial charge is 0.465 e. The lowest BCUT2D eigenvalue weighted by atomic mass is 10.0. The first-order valence-electron chi connectivity index (χ1n) is 10.3. The Labute approximate surface area is 183 Å². The zero-order valence-electron chi connectivity index (χ0n) is 17.6. The molecule has 1 unspecified atom stereocenters. The number of unbranched alkanes of at least 4 members (excludes halogenated alkanes) is 1. The van der Waals surface area contributed by atoms with E-state index in [0.717, 1.165) is 33.8 Å². The first-order chi connectivity index (χ1) is 14.0. The quantitative estimate of drug-likeness (QED) is 0.256. The summed E-state index contributed by atoms with van der Waals surface area (Å²) in [6.07, 6.45) is 6.99. The molecular weight excluding hydrogens is 403 g/mol. The molecule has 158 valence electrons. The number of ether oxygens (including phenoxy) is 1. The Morgan fingerprint density at radius 1 is 1.07 bits per heavy atom. The zero-order valence-corrected chi connectivity index (χ0v) is 19.2. The van der Waals surface area contributed by atoms with Crippen LogP contribution < -0.4 is 0 Å². The van der Waals surface area contributed by atoms with Gasteiger partial charge in [0.15, 0.2) is 0 Å². The first kappa shape index (κ1) is 23.8. The van der Waals surface area contributed by atoms with Crippen LogP contribution >= 0.6 is 23.5 Å². The lowest BCUT2D eigenvalue weighted by Gasteiger charge is -2.14. The van der Waals surface area contributed by atoms with E-state index in [1.807, 2.05) is 6.26 Å². The molecule has 0 saturated heterocycles. The van der Waals surface area contributed by atoms with E-state index in [-0.39, 0.29) is 11.8 Å². The molecule has 5 heteroatoms. The lowest BCUT2D eigenvalue weighted by Crippen LogP contribution is -2.14. The van der Waals surface area contributed by atoms with E-state index in [1.165, 1.54) is 25.0 Å². The zero-order chi connectivity index (χ0) is 21.1. The number of hydrogen-bond donors (Lipinski definition) is 0. The summed E-state index contributed by atoms with van der Waals surface area (Å²) < 4.78 is 18.7. The van der Waals surface area contributed by atoms with Crippen molar-refractivity contribution >= 4 is 29.5 Å². The van der Waals surface area contributed by atoms with Crippen LogP contribution in [0.4, 0.5) is 4.39 Å².